The summed E-state index contributed by atoms with van der Waals surface area (Å²) in [5.74, 6) is 5.08. The summed E-state index contributed by atoms with van der Waals surface area (Å²) in [6.07, 6.45) is 14.7. The predicted octanol–water partition coefficient (Wildman–Crippen LogP) is 3.52. The lowest BCUT2D eigenvalue weighted by atomic mass is 10.0. The van der Waals surface area contributed by atoms with Crippen LogP contribution in [-0.2, 0) is 12.8 Å². The number of rotatable bonds is 13. The second-order valence-electron chi connectivity index (χ2n) is 8.16. The van der Waals surface area contributed by atoms with Crippen LogP contribution >= 0.6 is 0 Å². The smallest absolute Gasteiger partial charge is 0.271 e. The van der Waals surface area contributed by atoms with Crippen molar-refractivity contribution in [3.05, 3.63) is 23.3 Å². The summed E-state index contributed by atoms with van der Waals surface area (Å²) in [6.45, 7) is 3.88. The SMILES string of the molecule is Cc1nc2nnc(CCCCCCCCCCCCc3nnc4nc(C)[nH]n34)n2[nH]1. The Kier molecular flexibility index (Phi) is 6.70. The maximum atomic E-state index is 4.29. The van der Waals surface area contributed by atoms with E-state index in [0.717, 1.165) is 49.0 Å². The molecule has 0 aromatic carbocycles. The third-order valence-corrected chi connectivity index (χ3v) is 5.56. The predicted molar refractivity (Wildman–Crippen MR) is 113 cm³/mol. The number of fused-ring (bicyclic) bond motifs is 2. The van der Waals surface area contributed by atoms with E-state index in [1.54, 1.807) is 0 Å². The number of aryl methyl sites for hydroxylation is 4. The van der Waals surface area contributed by atoms with E-state index >= 15 is 0 Å². The van der Waals surface area contributed by atoms with Crippen LogP contribution in [0, 0.1) is 13.8 Å². The number of aromatic nitrogens is 10. The Balaban J connectivity index is 0.988. The lowest BCUT2D eigenvalue weighted by Gasteiger charge is -2.03. The summed E-state index contributed by atoms with van der Waals surface area (Å²) >= 11 is 0. The molecule has 0 aliphatic rings. The minimum Gasteiger partial charge on any atom is -0.277 e. The minimum absolute atomic E-state index is 0.675. The lowest BCUT2D eigenvalue weighted by Crippen LogP contribution is -1.96. The first-order valence-electron chi connectivity index (χ1n) is 11.2. The molecule has 4 aromatic rings. The number of unbranched alkanes of at least 4 members (excludes halogenated alkanes) is 9. The van der Waals surface area contributed by atoms with Gasteiger partial charge in [0.1, 0.15) is 11.6 Å². The molecule has 30 heavy (non-hydrogen) atoms. The van der Waals surface area contributed by atoms with Gasteiger partial charge in [-0.25, -0.2) is 9.03 Å². The van der Waals surface area contributed by atoms with Gasteiger partial charge in [-0.1, -0.05) is 51.4 Å². The van der Waals surface area contributed by atoms with E-state index in [4.69, 9.17) is 0 Å². The molecule has 4 rings (SSSR count). The van der Waals surface area contributed by atoms with Gasteiger partial charge in [0.05, 0.1) is 0 Å². The summed E-state index contributed by atoms with van der Waals surface area (Å²) in [7, 11) is 0. The third kappa shape index (κ3) is 5.03. The van der Waals surface area contributed by atoms with Gasteiger partial charge >= 0.3 is 0 Å². The van der Waals surface area contributed by atoms with Crippen LogP contribution in [0.25, 0.3) is 11.6 Å². The molecule has 0 aliphatic heterocycles. The summed E-state index contributed by atoms with van der Waals surface area (Å²) in [6, 6.07) is 0. The second-order valence-corrected chi connectivity index (χ2v) is 8.16. The first-order chi connectivity index (χ1) is 14.7. The van der Waals surface area contributed by atoms with Crippen LogP contribution in [0.5, 0.6) is 0 Å². The highest BCUT2D eigenvalue weighted by atomic mass is 15.4. The first kappa shape index (κ1) is 20.5. The molecule has 0 unspecified atom stereocenters. The number of aromatic amines is 2. The fourth-order valence-electron chi connectivity index (χ4n) is 3.97. The van der Waals surface area contributed by atoms with Gasteiger partial charge in [-0.05, 0) is 26.7 Å². The minimum atomic E-state index is 0.675. The van der Waals surface area contributed by atoms with E-state index < -0.39 is 0 Å². The van der Waals surface area contributed by atoms with E-state index in [2.05, 4.69) is 40.6 Å². The molecule has 0 amide bonds. The molecule has 4 aromatic heterocycles. The van der Waals surface area contributed by atoms with E-state index in [1.165, 1.54) is 51.4 Å². The Morgan fingerprint density at radius 1 is 0.533 bits per heavy atom. The number of H-pyrrole nitrogens is 2. The molecule has 0 bridgehead atoms. The van der Waals surface area contributed by atoms with Crippen LogP contribution in [0.4, 0.5) is 0 Å². The zero-order chi connectivity index (χ0) is 20.8. The van der Waals surface area contributed by atoms with Crippen LogP contribution in [0.1, 0.15) is 87.5 Å². The zero-order valence-corrected chi connectivity index (χ0v) is 18.1. The van der Waals surface area contributed by atoms with Crippen LogP contribution < -0.4 is 0 Å². The van der Waals surface area contributed by atoms with Gasteiger partial charge in [-0.3, -0.25) is 10.2 Å². The van der Waals surface area contributed by atoms with Gasteiger partial charge in [0, 0.05) is 12.8 Å². The number of nitrogens with one attached hydrogen (secondary N) is 2. The highest BCUT2D eigenvalue weighted by molar-refractivity contribution is 5.26. The number of hydrogen-bond donors (Lipinski definition) is 2. The molecular formula is C20H32N10. The second kappa shape index (κ2) is 9.82. The van der Waals surface area contributed by atoms with Crippen molar-refractivity contribution >= 4 is 11.6 Å². The van der Waals surface area contributed by atoms with Crippen molar-refractivity contribution in [3.8, 4) is 0 Å². The van der Waals surface area contributed by atoms with Crippen molar-refractivity contribution in [2.24, 2.45) is 0 Å². The average Bonchev–Trinajstić information content (AvgIpc) is 3.45. The number of hydrogen-bond acceptors (Lipinski definition) is 6. The highest BCUT2D eigenvalue weighted by Crippen LogP contribution is 2.13. The molecule has 0 saturated carbocycles. The van der Waals surface area contributed by atoms with E-state index in [-0.39, 0.29) is 0 Å². The summed E-state index contributed by atoms with van der Waals surface area (Å²) in [4.78, 5) is 8.57. The topological polar surface area (TPSA) is 118 Å². The molecule has 0 aliphatic carbocycles. The third-order valence-electron chi connectivity index (χ3n) is 5.56. The lowest BCUT2D eigenvalue weighted by molar-refractivity contribution is 0.545. The van der Waals surface area contributed by atoms with Crippen LogP contribution in [0.2, 0.25) is 0 Å². The Bertz CT molecular complexity index is 968. The molecule has 2 N–H and O–H groups in total. The van der Waals surface area contributed by atoms with Crippen LogP contribution in [0.15, 0.2) is 0 Å². The molecule has 162 valence electrons. The standard InChI is InChI=1S/C20H32N10/c1-15-21-19-25-23-17(29(19)27-15)13-11-9-7-5-3-4-6-8-10-12-14-18-24-26-20-22-16(2)28-30(18)20/h3-14H2,1-2H3,(H,21,25,27)(H,22,26,28). The zero-order valence-electron chi connectivity index (χ0n) is 18.1. The Labute approximate surface area is 175 Å². The van der Waals surface area contributed by atoms with Crippen molar-refractivity contribution in [1.82, 2.24) is 49.6 Å². The van der Waals surface area contributed by atoms with Gasteiger partial charge in [-0.15, -0.1) is 20.4 Å². The molecule has 0 atom stereocenters. The monoisotopic (exact) mass is 412 g/mol. The van der Waals surface area contributed by atoms with Crippen LogP contribution in [-0.4, -0.2) is 49.6 Å². The first-order valence-corrected chi connectivity index (χ1v) is 11.2. The van der Waals surface area contributed by atoms with Crippen LogP contribution in [0.3, 0.4) is 0 Å². The molecule has 0 radical (unpaired) electrons. The maximum absolute atomic E-state index is 4.29. The van der Waals surface area contributed by atoms with Gasteiger partial charge in [0.25, 0.3) is 11.6 Å². The highest BCUT2D eigenvalue weighted by Gasteiger charge is 2.09. The molecule has 0 spiro atoms. The van der Waals surface area contributed by atoms with Crippen molar-refractivity contribution in [2.75, 3.05) is 0 Å². The molecule has 0 fully saturated rings. The number of nitrogens with zero attached hydrogens (tertiary/aromatic N) is 8. The molecular weight excluding hydrogens is 380 g/mol. The molecule has 0 saturated heterocycles. The summed E-state index contributed by atoms with van der Waals surface area (Å²) in [5, 5.41) is 23.0. The normalized spacial score (nSPS) is 11.9. The van der Waals surface area contributed by atoms with Gasteiger partial charge < -0.3 is 0 Å². The van der Waals surface area contributed by atoms with Crippen molar-refractivity contribution in [3.63, 3.8) is 0 Å². The average molecular weight is 413 g/mol. The van der Waals surface area contributed by atoms with Crippen molar-refractivity contribution in [2.45, 2.75) is 90.9 Å². The quantitative estimate of drug-likeness (QED) is 0.324. The van der Waals surface area contributed by atoms with E-state index in [0.29, 0.717) is 11.6 Å². The largest absolute Gasteiger partial charge is 0.277 e. The summed E-state index contributed by atoms with van der Waals surface area (Å²) < 4.78 is 3.80. The van der Waals surface area contributed by atoms with E-state index in [1.807, 2.05) is 22.9 Å². The molecule has 10 heteroatoms. The Morgan fingerprint density at radius 2 is 0.900 bits per heavy atom. The van der Waals surface area contributed by atoms with E-state index in [9.17, 15) is 0 Å². The van der Waals surface area contributed by atoms with Gasteiger partial charge in [0.15, 0.2) is 11.6 Å². The molecule has 10 nitrogen and oxygen atoms in total. The Hall–Kier alpha value is -2.78. The van der Waals surface area contributed by atoms with Crippen molar-refractivity contribution < 1.29 is 0 Å². The van der Waals surface area contributed by atoms with Gasteiger partial charge in [0.2, 0.25) is 0 Å². The fourth-order valence-corrected chi connectivity index (χ4v) is 3.97. The Morgan fingerprint density at radius 3 is 1.30 bits per heavy atom. The van der Waals surface area contributed by atoms with Crippen molar-refractivity contribution in [1.29, 1.82) is 0 Å². The van der Waals surface area contributed by atoms with Gasteiger partial charge in [-0.2, -0.15) is 9.97 Å². The molecule has 4 heterocycles. The maximum Gasteiger partial charge on any atom is 0.271 e. The summed E-state index contributed by atoms with van der Waals surface area (Å²) in [5.41, 5.74) is 0. The fraction of sp³-hybridized carbons (Fsp3) is 0.700.